The van der Waals surface area contributed by atoms with Crippen LogP contribution in [0, 0.1) is 10.1 Å². The van der Waals surface area contributed by atoms with E-state index in [0.29, 0.717) is 0 Å². The van der Waals surface area contributed by atoms with Crippen molar-refractivity contribution >= 4 is 0 Å². The van der Waals surface area contributed by atoms with Crippen molar-refractivity contribution in [2.24, 2.45) is 0 Å². The number of aliphatic hydroxyl groups is 4. The molecule has 0 aromatic rings. The average Bonchev–Trinajstić information content (AvgIpc) is 2.44. The van der Waals surface area contributed by atoms with Crippen LogP contribution in [0.1, 0.15) is 0 Å². The number of nitrogens with zero attached hydrogens (tertiary/aromatic N) is 1. The molecule has 15 heavy (non-hydrogen) atoms. The second-order valence-corrected chi connectivity index (χ2v) is 3.39. The van der Waals surface area contributed by atoms with Crippen LogP contribution in [0.2, 0.25) is 0 Å². The lowest BCUT2D eigenvalue weighted by Crippen LogP contribution is -2.40. The van der Waals surface area contributed by atoms with Gasteiger partial charge in [0.1, 0.15) is 24.4 Å². The molecule has 1 fully saturated rings. The zero-order valence-corrected chi connectivity index (χ0v) is 7.76. The minimum absolute atomic E-state index is 0.653. The highest BCUT2D eigenvalue weighted by molar-refractivity contribution is 4.93. The van der Waals surface area contributed by atoms with Crippen LogP contribution in [0.25, 0.3) is 0 Å². The number of hydrogen-bond acceptors (Lipinski definition) is 7. The number of rotatable bonds is 4. The van der Waals surface area contributed by atoms with E-state index < -0.39 is 48.6 Å². The molecule has 8 heteroatoms. The molecule has 1 saturated heterocycles. The number of aliphatic hydroxyl groups excluding tert-OH is 4. The van der Waals surface area contributed by atoms with Crippen molar-refractivity contribution in [1.29, 1.82) is 0 Å². The van der Waals surface area contributed by atoms with Crippen molar-refractivity contribution in [3.8, 4) is 0 Å². The van der Waals surface area contributed by atoms with Gasteiger partial charge in [0.15, 0.2) is 6.10 Å². The van der Waals surface area contributed by atoms with Gasteiger partial charge in [-0.2, -0.15) is 0 Å². The van der Waals surface area contributed by atoms with E-state index in [1.807, 2.05) is 0 Å². The molecule has 1 aliphatic rings. The quantitative estimate of drug-likeness (QED) is 0.297. The average molecular weight is 223 g/mol. The third kappa shape index (κ3) is 2.61. The van der Waals surface area contributed by atoms with Gasteiger partial charge in [-0.15, -0.1) is 0 Å². The first-order valence-electron chi connectivity index (χ1n) is 4.39. The van der Waals surface area contributed by atoms with Crippen LogP contribution in [-0.4, -0.2) is 69.0 Å². The fraction of sp³-hybridized carbons (Fsp3) is 1.00. The third-order valence-electron chi connectivity index (χ3n) is 2.29. The summed E-state index contributed by atoms with van der Waals surface area (Å²) in [5.41, 5.74) is 0. The second kappa shape index (κ2) is 4.81. The Hall–Kier alpha value is -0.800. The third-order valence-corrected chi connectivity index (χ3v) is 2.29. The van der Waals surface area contributed by atoms with E-state index >= 15 is 0 Å². The second-order valence-electron chi connectivity index (χ2n) is 3.39. The summed E-state index contributed by atoms with van der Waals surface area (Å²) in [6.07, 6.45) is -6.60. The minimum Gasteiger partial charge on any atom is -0.394 e. The highest BCUT2D eigenvalue weighted by Gasteiger charge is 2.47. The molecule has 0 saturated carbocycles. The minimum atomic E-state index is -1.43. The van der Waals surface area contributed by atoms with Gasteiger partial charge >= 0.3 is 0 Å². The summed E-state index contributed by atoms with van der Waals surface area (Å²) in [6, 6.07) is 0. The van der Waals surface area contributed by atoms with Crippen molar-refractivity contribution in [1.82, 2.24) is 0 Å². The molecule has 0 unspecified atom stereocenters. The highest BCUT2D eigenvalue weighted by Crippen LogP contribution is 2.23. The largest absolute Gasteiger partial charge is 0.394 e. The van der Waals surface area contributed by atoms with Crippen molar-refractivity contribution < 1.29 is 30.1 Å². The normalized spacial score (nSPS) is 37.9. The predicted octanol–water partition coefficient (Wildman–Crippen LogP) is -2.89. The van der Waals surface area contributed by atoms with Gasteiger partial charge in [-0.25, -0.2) is 0 Å². The van der Waals surface area contributed by atoms with Crippen LogP contribution in [0.3, 0.4) is 0 Å². The fourth-order valence-corrected chi connectivity index (χ4v) is 1.50. The maximum absolute atomic E-state index is 10.2. The summed E-state index contributed by atoms with van der Waals surface area (Å²) in [6.45, 7) is -1.31. The molecule has 0 amide bonds. The molecule has 1 heterocycles. The van der Waals surface area contributed by atoms with Gasteiger partial charge in [0, 0.05) is 4.92 Å². The molecule has 88 valence electrons. The first-order chi connectivity index (χ1) is 6.97. The number of ether oxygens (including phenoxy) is 1. The van der Waals surface area contributed by atoms with Gasteiger partial charge in [0.25, 0.3) is 0 Å². The Bertz CT molecular complexity index is 235. The van der Waals surface area contributed by atoms with Crippen molar-refractivity contribution in [2.75, 3.05) is 13.2 Å². The van der Waals surface area contributed by atoms with Crippen molar-refractivity contribution in [3.63, 3.8) is 0 Å². The van der Waals surface area contributed by atoms with Gasteiger partial charge in [-0.1, -0.05) is 0 Å². The molecule has 8 nitrogen and oxygen atoms in total. The molecular formula is C7H13NO7. The molecule has 0 aromatic heterocycles. The van der Waals surface area contributed by atoms with Gasteiger partial charge in [0.05, 0.1) is 6.61 Å². The van der Waals surface area contributed by atoms with E-state index in [2.05, 4.69) is 0 Å². The summed E-state index contributed by atoms with van der Waals surface area (Å²) in [4.78, 5) is 9.49. The fourth-order valence-electron chi connectivity index (χ4n) is 1.50. The Morgan fingerprint density at radius 3 is 2.47 bits per heavy atom. The molecule has 0 aliphatic carbocycles. The molecule has 0 spiro atoms. The van der Waals surface area contributed by atoms with E-state index in [0.717, 1.165) is 0 Å². The molecule has 0 aromatic carbocycles. The first kappa shape index (κ1) is 12.3. The predicted molar refractivity (Wildman–Crippen MR) is 45.6 cm³/mol. The van der Waals surface area contributed by atoms with Crippen LogP contribution in [0.15, 0.2) is 0 Å². The van der Waals surface area contributed by atoms with Crippen LogP contribution in [0.4, 0.5) is 0 Å². The van der Waals surface area contributed by atoms with E-state index in [4.69, 9.17) is 9.84 Å². The lowest BCUT2D eigenvalue weighted by Gasteiger charge is -2.18. The Balaban J connectivity index is 2.62. The Morgan fingerprint density at radius 1 is 1.40 bits per heavy atom. The number of hydrogen-bond donors (Lipinski definition) is 4. The standard InChI is InChI=1S/C7H13NO7/c9-2-3(10)7-6(12)5(11)4(15-7)1-8(13)14/h3-7,9-12H,1-2H2/t3-,4-,5-,6+,7+/m0/s1. The van der Waals surface area contributed by atoms with E-state index in [1.165, 1.54) is 0 Å². The van der Waals surface area contributed by atoms with Crippen molar-refractivity contribution in [3.05, 3.63) is 10.1 Å². The molecule has 0 bridgehead atoms. The van der Waals surface area contributed by atoms with Gasteiger partial charge in [-0.05, 0) is 0 Å². The van der Waals surface area contributed by atoms with Gasteiger partial charge in [-0.3, -0.25) is 10.1 Å². The van der Waals surface area contributed by atoms with E-state index in [1.54, 1.807) is 0 Å². The van der Waals surface area contributed by atoms with Crippen LogP contribution < -0.4 is 0 Å². The number of nitro groups is 1. The molecule has 0 radical (unpaired) electrons. The molecule has 1 rings (SSSR count). The van der Waals surface area contributed by atoms with Gasteiger partial charge in [0.2, 0.25) is 6.54 Å². The molecular weight excluding hydrogens is 210 g/mol. The SMILES string of the molecule is O=[N+]([O-])C[C@@H]1O[C@H]([C@@H](O)CO)[C@H](O)[C@H]1O. The lowest BCUT2D eigenvalue weighted by molar-refractivity contribution is -0.492. The zero-order chi connectivity index (χ0) is 11.6. The van der Waals surface area contributed by atoms with Crippen LogP contribution in [0.5, 0.6) is 0 Å². The van der Waals surface area contributed by atoms with Gasteiger partial charge < -0.3 is 25.2 Å². The Kier molecular flexibility index (Phi) is 3.94. The smallest absolute Gasteiger partial charge is 0.232 e. The lowest BCUT2D eigenvalue weighted by atomic mass is 10.0. The van der Waals surface area contributed by atoms with E-state index in [-0.39, 0.29) is 0 Å². The van der Waals surface area contributed by atoms with Crippen LogP contribution in [-0.2, 0) is 4.74 Å². The Morgan fingerprint density at radius 2 is 2.00 bits per heavy atom. The van der Waals surface area contributed by atoms with Crippen LogP contribution >= 0.6 is 0 Å². The molecule has 4 N–H and O–H groups in total. The summed E-state index contributed by atoms with van der Waals surface area (Å²) in [5.74, 6) is 0. The topological polar surface area (TPSA) is 133 Å². The molecule has 5 atom stereocenters. The summed E-state index contributed by atoms with van der Waals surface area (Å²) < 4.78 is 4.90. The zero-order valence-electron chi connectivity index (χ0n) is 7.76. The monoisotopic (exact) mass is 223 g/mol. The highest BCUT2D eigenvalue weighted by atomic mass is 16.6. The molecule has 1 aliphatic heterocycles. The van der Waals surface area contributed by atoms with Crippen molar-refractivity contribution in [2.45, 2.75) is 30.5 Å². The first-order valence-corrected chi connectivity index (χ1v) is 4.39. The Labute approximate surface area is 84.9 Å². The summed E-state index contributed by atoms with van der Waals surface area (Å²) >= 11 is 0. The van der Waals surface area contributed by atoms with E-state index in [9.17, 15) is 25.4 Å². The maximum Gasteiger partial charge on any atom is 0.232 e. The summed E-state index contributed by atoms with van der Waals surface area (Å²) in [7, 11) is 0. The summed E-state index contributed by atoms with van der Waals surface area (Å²) in [5, 5.41) is 46.7. The maximum atomic E-state index is 10.2.